The zero-order valence-corrected chi connectivity index (χ0v) is 8.17. The zero-order chi connectivity index (χ0) is 11.5. The maximum Gasteiger partial charge on any atom is 0.416 e. The third-order valence-electron chi connectivity index (χ3n) is 1.92. The molecule has 1 aromatic rings. The van der Waals surface area contributed by atoms with Gasteiger partial charge in [-0.05, 0) is 24.1 Å². The van der Waals surface area contributed by atoms with E-state index in [1.807, 2.05) is 0 Å². The van der Waals surface area contributed by atoms with Crippen LogP contribution in [0.5, 0.6) is 0 Å². The minimum atomic E-state index is -4.36. The maximum absolute atomic E-state index is 12.5. The van der Waals surface area contributed by atoms with E-state index in [0.29, 0.717) is 5.57 Å². The highest BCUT2D eigenvalue weighted by Crippen LogP contribution is 2.32. The number of halogens is 3. The van der Waals surface area contributed by atoms with Crippen molar-refractivity contribution in [2.75, 3.05) is 6.61 Å². The average molecular weight is 216 g/mol. The Morgan fingerprint density at radius 2 is 1.93 bits per heavy atom. The maximum atomic E-state index is 12.5. The molecule has 1 aromatic carbocycles. The second kappa shape index (κ2) is 4.49. The lowest BCUT2D eigenvalue weighted by Crippen LogP contribution is -2.07. The fourth-order valence-corrected chi connectivity index (χ4v) is 1.19. The molecule has 0 fully saturated rings. The summed E-state index contributed by atoms with van der Waals surface area (Å²) >= 11 is 0. The molecule has 0 heterocycles. The molecule has 0 aliphatic rings. The summed E-state index contributed by atoms with van der Waals surface area (Å²) in [5.74, 6) is 0. The van der Waals surface area contributed by atoms with Gasteiger partial charge >= 0.3 is 6.18 Å². The van der Waals surface area contributed by atoms with Crippen molar-refractivity contribution in [2.24, 2.45) is 0 Å². The first kappa shape index (κ1) is 11.8. The molecule has 0 aromatic heterocycles. The van der Waals surface area contributed by atoms with Gasteiger partial charge in [0, 0.05) is 0 Å². The SMILES string of the molecule is C/C(=C/c1ccccc1C(F)(F)F)CO. The first-order chi connectivity index (χ1) is 6.95. The van der Waals surface area contributed by atoms with Crippen LogP contribution in [0.15, 0.2) is 29.8 Å². The summed E-state index contributed by atoms with van der Waals surface area (Å²) in [6.45, 7) is 1.33. The fraction of sp³-hybridized carbons (Fsp3) is 0.273. The lowest BCUT2D eigenvalue weighted by molar-refractivity contribution is -0.137. The van der Waals surface area contributed by atoms with E-state index in [2.05, 4.69) is 0 Å². The van der Waals surface area contributed by atoms with Crippen molar-refractivity contribution in [2.45, 2.75) is 13.1 Å². The number of hydrogen-bond acceptors (Lipinski definition) is 1. The second-order valence-corrected chi connectivity index (χ2v) is 3.23. The van der Waals surface area contributed by atoms with Crippen molar-refractivity contribution in [3.8, 4) is 0 Å². The van der Waals surface area contributed by atoms with Gasteiger partial charge in [0.15, 0.2) is 0 Å². The van der Waals surface area contributed by atoms with Gasteiger partial charge < -0.3 is 5.11 Å². The van der Waals surface area contributed by atoms with Gasteiger partial charge in [0.05, 0.1) is 12.2 Å². The Hall–Kier alpha value is -1.29. The van der Waals surface area contributed by atoms with Gasteiger partial charge in [-0.3, -0.25) is 0 Å². The lowest BCUT2D eigenvalue weighted by atomic mass is 10.0. The van der Waals surface area contributed by atoms with Crippen LogP contribution in [-0.4, -0.2) is 11.7 Å². The van der Waals surface area contributed by atoms with Gasteiger partial charge in [-0.15, -0.1) is 0 Å². The summed E-state index contributed by atoms with van der Waals surface area (Å²) in [5.41, 5.74) is -0.110. The summed E-state index contributed by atoms with van der Waals surface area (Å²) in [6, 6.07) is 5.28. The van der Waals surface area contributed by atoms with Gasteiger partial charge in [0.2, 0.25) is 0 Å². The normalized spacial score (nSPS) is 13.0. The molecule has 1 nitrogen and oxygen atoms in total. The summed E-state index contributed by atoms with van der Waals surface area (Å²) in [5, 5.41) is 8.74. The summed E-state index contributed by atoms with van der Waals surface area (Å²) in [4.78, 5) is 0. The third kappa shape index (κ3) is 3.09. The van der Waals surface area contributed by atoms with E-state index in [-0.39, 0.29) is 12.2 Å². The first-order valence-corrected chi connectivity index (χ1v) is 4.39. The van der Waals surface area contributed by atoms with Crippen LogP contribution in [0.2, 0.25) is 0 Å². The Morgan fingerprint density at radius 3 is 2.47 bits per heavy atom. The summed E-state index contributed by atoms with van der Waals surface area (Å²) < 4.78 is 37.5. The van der Waals surface area contributed by atoms with Crippen molar-refractivity contribution in [3.63, 3.8) is 0 Å². The van der Waals surface area contributed by atoms with Crippen molar-refractivity contribution < 1.29 is 18.3 Å². The molecule has 4 heteroatoms. The van der Waals surface area contributed by atoms with Crippen molar-refractivity contribution in [3.05, 3.63) is 41.0 Å². The van der Waals surface area contributed by atoms with Crippen LogP contribution in [0.1, 0.15) is 18.1 Å². The quantitative estimate of drug-likeness (QED) is 0.805. The topological polar surface area (TPSA) is 20.2 Å². The molecular weight excluding hydrogens is 205 g/mol. The van der Waals surface area contributed by atoms with Crippen LogP contribution in [0.3, 0.4) is 0 Å². The number of hydrogen-bond donors (Lipinski definition) is 1. The van der Waals surface area contributed by atoms with Crippen molar-refractivity contribution >= 4 is 6.08 Å². The van der Waals surface area contributed by atoms with Crippen LogP contribution in [0.25, 0.3) is 6.08 Å². The number of benzene rings is 1. The highest BCUT2D eigenvalue weighted by Gasteiger charge is 2.32. The van der Waals surface area contributed by atoms with E-state index in [0.717, 1.165) is 6.07 Å². The molecule has 0 saturated carbocycles. The highest BCUT2D eigenvalue weighted by atomic mass is 19.4. The summed E-state index contributed by atoms with van der Waals surface area (Å²) in [6.07, 6.45) is -3.02. The molecule has 0 radical (unpaired) electrons. The van der Waals surface area contributed by atoms with Gasteiger partial charge in [-0.1, -0.05) is 24.3 Å². The summed E-state index contributed by atoms with van der Waals surface area (Å²) in [7, 11) is 0. The predicted octanol–water partition coefficient (Wildman–Crippen LogP) is 3.10. The Balaban J connectivity index is 3.19. The number of aliphatic hydroxyl groups excluding tert-OH is 1. The van der Waals surface area contributed by atoms with Crippen molar-refractivity contribution in [1.29, 1.82) is 0 Å². The third-order valence-corrected chi connectivity index (χ3v) is 1.92. The Bertz CT molecular complexity index is 366. The molecule has 0 saturated heterocycles. The van der Waals surface area contributed by atoms with E-state index in [4.69, 9.17) is 5.11 Å². The van der Waals surface area contributed by atoms with Crippen LogP contribution in [0, 0.1) is 0 Å². The Kier molecular flexibility index (Phi) is 3.52. The van der Waals surface area contributed by atoms with Gasteiger partial charge in [0.1, 0.15) is 0 Å². The largest absolute Gasteiger partial charge is 0.416 e. The lowest BCUT2D eigenvalue weighted by Gasteiger charge is -2.10. The predicted molar refractivity (Wildman–Crippen MR) is 52.2 cm³/mol. The molecule has 82 valence electrons. The molecule has 0 unspecified atom stereocenters. The molecule has 15 heavy (non-hydrogen) atoms. The molecule has 0 aliphatic heterocycles. The molecule has 1 N–H and O–H groups in total. The van der Waals surface area contributed by atoms with Crippen LogP contribution in [0.4, 0.5) is 13.2 Å². The van der Waals surface area contributed by atoms with Gasteiger partial charge in [-0.25, -0.2) is 0 Å². The Morgan fingerprint density at radius 1 is 1.33 bits per heavy atom. The number of rotatable bonds is 2. The van der Waals surface area contributed by atoms with E-state index in [1.165, 1.54) is 24.3 Å². The van der Waals surface area contributed by atoms with Gasteiger partial charge in [0.25, 0.3) is 0 Å². The number of aliphatic hydroxyl groups is 1. The van der Waals surface area contributed by atoms with Gasteiger partial charge in [-0.2, -0.15) is 13.2 Å². The molecule has 0 spiro atoms. The Labute approximate surface area is 85.9 Å². The minimum absolute atomic E-state index is 0.0801. The molecule has 0 amide bonds. The van der Waals surface area contributed by atoms with E-state index >= 15 is 0 Å². The molecule has 1 rings (SSSR count). The zero-order valence-electron chi connectivity index (χ0n) is 8.17. The first-order valence-electron chi connectivity index (χ1n) is 4.39. The minimum Gasteiger partial charge on any atom is -0.392 e. The molecule has 0 atom stereocenters. The molecule has 0 bridgehead atoms. The van der Waals surface area contributed by atoms with Crippen molar-refractivity contribution in [1.82, 2.24) is 0 Å². The average Bonchev–Trinajstić information content (AvgIpc) is 2.17. The second-order valence-electron chi connectivity index (χ2n) is 3.23. The monoisotopic (exact) mass is 216 g/mol. The molecular formula is C11H11F3O. The smallest absolute Gasteiger partial charge is 0.392 e. The standard InChI is InChI=1S/C11H11F3O/c1-8(7-15)6-9-4-2-3-5-10(9)11(12,13)14/h2-6,15H,7H2,1H3/b8-6-. The van der Waals surface area contributed by atoms with Crippen LogP contribution in [-0.2, 0) is 6.18 Å². The fourth-order valence-electron chi connectivity index (χ4n) is 1.19. The highest BCUT2D eigenvalue weighted by molar-refractivity contribution is 5.57. The van der Waals surface area contributed by atoms with E-state index < -0.39 is 11.7 Å². The van der Waals surface area contributed by atoms with Crippen LogP contribution < -0.4 is 0 Å². The number of alkyl halides is 3. The van der Waals surface area contributed by atoms with Crippen LogP contribution >= 0.6 is 0 Å². The van der Waals surface area contributed by atoms with E-state index in [1.54, 1.807) is 6.92 Å². The van der Waals surface area contributed by atoms with E-state index in [9.17, 15) is 13.2 Å². The molecule has 0 aliphatic carbocycles.